The number of fused-ring (bicyclic) bond motifs is 2. The van der Waals surface area contributed by atoms with Crippen LogP contribution in [0.15, 0.2) is 24.3 Å². The van der Waals surface area contributed by atoms with E-state index in [0.717, 1.165) is 12.0 Å². The zero-order chi connectivity index (χ0) is 22.2. The Labute approximate surface area is 179 Å². The van der Waals surface area contributed by atoms with Crippen LogP contribution < -0.4 is 4.72 Å². The van der Waals surface area contributed by atoms with Crippen LogP contribution in [0.3, 0.4) is 0 Å². The summed E-state index contributed by atoms with van der Waals surface area (Å²) in [6.45, 7) is 12.0. The second kappa shape index (κ2) is 6.53. The second-order valence-electron chi connectivity index (χ2n) is 10.7. The van der Waals surface area contributed by atoms with Gasteiger partial charge in [-0.2, -0.15) is 0 Å². The zero-order valence-electron chi connectivity index (χ0n) is 18.7. The molecule has 3 aliphatic rings. The van der Waals surface area contributed by atoms with Gasteiger partial charge >= 0.3 is 0 Å². The molecule has 0 unspecified atom stereocenters. The van der Waals surface area contributed by atoms with Gasteiger partial charge in [0.1, 0.15) is 5.78 Å². The van der Waals surface area contributed by atoms with Crippen molar-refractivity contribution in [3.05, 3.63) is 29.8 Å². The molecule has 0 spiro atoms. The Morgan fingerprint density at radius 1 is 1.07 bits per heavy atom. The summed E-state index contributed by atoms with van der Waals surface area (Å²) in [5.41, 5.74) is -0.808. The number of rotatable bonds is 5. The van der Waals surface area contributed by atoms with Crippen LogP contribution >= 0.6 is 0 Å². The van der Waals surface area contributed by atoms with Gasteiger partial charge in [0.05, 0.1) is 22.4 Å². The van der Waals surface area contributed by atoms with E-state index in [1.807, 2.05) is 47.6 Å². The van der Waals surface area contributed by atoms with Crippen LogP contribution in [0.5, 0.6) is 0 Å². The molecule has 1 N–H and O–H groups in total. The summed E-state index contributed by atoms with van der Waals surface area (Å²) < 4.78 is 41.0. The standard InChI is InChI=1S/C23H33NO5S/c1-20(2)16-10-11-23(20,18(25)13-16)14-30(26,27)24-17-9-7-8-15(12-17)19-28-21(3,4)22(5,6)29-19/h7-9,12,16,19,24H,10-11,13-14H2,1-6H3/t16-,23-/m0/s1. The maximum absolute atomic E-state index is 13.1. The maximum atomic E-state index is 13.1. The highest BCUT2D eigenvalue weighted by molar-refractivity contribution is 7.92. The molecule has 4 rings (SSSR count). The van der Waals surface area contributed by atoms with E-state index < -0.39 is 32.9 Å². The van der Waals surface area contributed by atoms with Crippen molar-refractivity contribution in [3.63, 3.8) is 0 Å². The lowest BCUT2D eigenvalue weighted by atomic mass is 9.70. The Kier molecular flexibility index (Phi) is 4.74. The predicted molar refractivity (Wildman–Crippen MR) is 115 cm³/mol. The summed E-state index contributed by atoms with van der Waals surface area (Å²) in [5, 5.41) is 0. The number of hydrogen-bond acceptors (Lipinski definition) is 5. The fourth-order valence-corrected chi connectivity index (χ4v) is 7.26. The number of Topliss-reactive ketones (excluding diaryl/α,β-unsaturated/α-hetero) is 1. The number of carbonyl (C=O) groups is 1. The Balaban J connectivity index is 1.54. The molecule has 0 radical (unpaired) electrons. The van der Waals surface area contributed by atoms with E-state index in [2.05, 4.69) is 4.72 Å². The van der Waals surface area contributed by atoms with Crippen LogP contribution in [0.25, 0.3) is 0 Å². The zero-order valence-corrected chi connectivity index (χ0v) is 19.6. The third kappa shape index (κ3) is 3.21. The SMILES string of the molecule is CC1(C)OC(c2cccc(NS(=O)(=O)C[C@@]34CC[C@@H](CC3=O)C4(C)C)c2)OC1(C)C. The highest BCUT2D eigenvalue weighted by Crippen LogP contribution is 2.64. The Bertz CT molecular complexity index is 965. The van der Waals surface area contributed by atoms with Crippen molar-refractivity contribution in [1.82, 2.24) is 0 Å². The van der Waals surface area contributed by atoms with Crippen molar-refractivity contribution in [1.29, 1.82) is 0 Å². The monoisotopic (exact) mass is 435 g/mol. The van der Waals surface area contributed by atoms with E-state index in [9.17, 15) is 13.2 Å². The molecule has 2 bridgehead atoms. The number of anilines is 1. The number of carbonyl (C=O) groups excluding carboxylic acids is 1. The first kappa shape index (κ1) is 21.8. The lowest BCUT2D eigenvalue weighted by molar-refractivity contribution is -0.128. The molecule has 1 aromatic carbocycles. The van der Waals surface area contributed by atoms with Gasteiger partial charge in [0.2, 0.25) is 10.0 Å². The van der Waals surface area contributed by atoms with E-state index in [4.69, 9.17) is 9.47 Å². The van der Waals surface area contributed by atoms with Crippen molar-refractivity contribution in [2.75, 3.05) is 10.5 Å². The van der Waals surface area contributed by atoms with E-state index in [1.165, 1.54) is 0 Å². The first-order chi connectivity index (χ1) is 13.7. The van der Waals surface area contributed by atoms with E-state index in [1.54, 1.807) is 18.2 Å². The van der Waals surface area contributed by atoms with Crippen LogP contribution in [0.4, 0.5) is 5.69 Å². The minimum Gasteiger partial charge on any atom is -0.339 e. The van der Waals surface area contributed by atoms with Gasteiger partial charge in [0.15, 0.2) is 6.29 Å². The van der Waals surface area contributed by atoms with Gasteiger partial charge in [0.25, 0.3) is 0 Å². The van der Waals surface area contributed by atoms with Gasteiger partial charge in [0, 0.05) is 17.7 Å². The van der Waals surface area contributed by atoms with Gasteiger partial charge in [-0.1, -0.05) is 26.0 Å². The average Bonchev–Trinajstić information content (AvgIpc) is 3.05. The number of ether oxygens (including phenoxy) is 2. The third-order valence-electron chi connectivity index (χ3n) is 8.26. The molecule has 7 heteroatoms. The number of ketones is 1. The van der Waals surface area contributed by atoms with Gasteiger partial charge in [-0.05, 0) is 64.0 Å². The van der Waals surface area contributed by atoms with Crippen LogP contribution in [-0.4, -0.2) is 31.2 Å². The predicted octanol–water partition coefficient (Wildman–Crippen LogP) is 4.43. The number of nitrogens with one attached hydrogen (secondary N) is 1. The van der Waals surface area contributed by atoms with E-state index in [-0.39, 0.29) is 22.9 Å². The molecular weight excluding hydrogens is 402 g/mol. The molecule has 1 heterocycles. The van der Waals surface area contributed by atoms with Crippen molar-refractivity contribution in [3.8, 4) is 0 Å². The molecule has 1 saturated heterocycles. The summed E-state index contributed by atoms with van der Waals surface area (Å²) in [7, 11) is -3.70. The minimum atomic E-state index is -3.70. The molecule has 2 atom stereocenters. The maximum Gasteiger partial charge on any atom is 0.233 e. The molecule has 30 heavy (non-hydrogen) atoms. The normalized spacial score (nSPS) is 31.9. The largest absolute Gasteiger partial charge is 0.339 e. The summed E-state index contributed by atoms with van der Waals surface area (Å²) in [6.07, 6.45) is 1.51. The molecule has 1 aromatic rings. The summed E-state index contributed by atoms with van der Waals surface area (Å²) in [6, 6.07) is 7.11. The molecule has 2 saturated carbocycles. The van der Waals surface area contributed by atoms with Crippen LogP contribution in [0, 0.1) is 16.7 Å². The Morgan fingerprint density at radius 2 is 1.70 bits per heavy atom. The average molecular weight is 436 g/mol. The quantitative estimate of drug-likeness (QED) is 0.740. The van der Waals surface area contributed by atoms with Gasteiger partial charge in [-0.3, -0.25) is 9.52 Å². The molecule has 166 valence electrons. The minimum absolute atomic E-state index is 0.0973. The molecule has 3 fully saturated rings. The smallest absolute Gasteiger partial charge is 0.233 e. The van der Waals surface area contributed by atoms with Crippen molar-refractivity contribution in [2.45, 2.75) is 78.3 Å². The first-order valence-corrected chi connectivity index (χ1v) is 12.3. The van der Waals surface area contributed by atoms with E-state index in [0.29, 0.717) is 18.5 Å². The fourth-order valence-electron chi connectivity index (χ4n) is 5.38. The summed E-state index contributed by atoms with van der Waals surface area (Å²) >= 11 is 0. The molecular formula is C23H33NO5S. The Hall–Kier alpha value is -1.44. The highest BCUT2D eigenvalue weighted by Gasteiger charge is 2.65. The molecule has 0 amide bonds. The highest BCUT2D eigenvalue weighted by atomic mass is 32.2. The van der Waals surface area contributed by atoms with Crippen LogP contribution in [0.1, 0.15) is 72.7 Å². The number of benzene rings is 1. The fraction of sp³-hybridized carbons (Fsp3) is 0.696. The van der Waals surface area contributed by atoms with Gasteiger partial charge in [-0.25, -0.2) is 8.42 Å². The van der Waals surface area contributed by atoms with Crippen molar-refractivity contribution >= 4 is 21.5 Å². The van der Waals surface area contributed by atoms with Crippen molar-refractivity contribution < 1.29 is 22.7 Å². The second-order valence-corrected chi connectivity index (χ2v) is 12.5. The summed E-state index contributed by atoms with van der Waals surface area (Å²) in [5.74, 6) is 0.218. The summed E-state index contributed by atoms with van der Waals surface area (Å²) in [4.78, 5) is 12.7. The van der Waals surface area contributed by atoms with Gasteiger partial charge < -0.3 is 9.47 Å². The van der Waals surface area contributed by atoms with E-state index >= 15 is 0 Å². The molecule has 0 aromatic heterocycles. The molecule has 6 nitrogen and oxygen atoms in total. The third-order valence-corrected chi connectivity index (χ3v) is 9.68. The Morgan fingerprint density at radius 3 is 2.23 bits per heavy atom. The first-order valence-electron chi connectivity index (χ1n) is 10.7. The van der Waals surface area contributed by atoms with Crippen LogP contribution in [-0.2, 0) is 24.3 Å². The lowest BCUT2D eigenvalue weighted by Crippen LogP contribution is -2.43. The number of hydrogen-bond donors (Lipinski definition) is 1. The number of sulfonamides is 1. The van der Waals surface area contributed by atoms with Crippen LogP contribution in [0.2, 0.25) is 0 Å². The topological polar surface area (TPSA) is 81.7 Å². The molecule has 1 aliphatic heterocycles. The van der Waals surface area contributed by atoms with Crippen molar-refractivity contribution in [2.24, 2.45) is 16.7 Å². The molecule has 2 aliphatic carbocycles. The lowest BCUT2D eigenvalue weighted by Gasteiger charge is -2.36. The van der Waals surface area contributed by atoms with Gasteiger partial charge in [-0.15, -0.1) is 0 Å².